The minimum atomic E-state index is -0.799. The van der Waals surface area contributed by atoms with Crippen LogP contribution in [0.3, 0.4) is 0 Å². The molecule has 0 radical (unpaired) electrons. The van der Waals surface area contributed by atoms with Gasteiger partial charge in [-0.05, 0) is 31.4 Å². The van der Waals surface area contributed by atoms with E-state index >= 15 is 0 Å². The molecule has 0 aliphatic carbocycles. The van der Waals surface area contributed by atoms with Crippen LogP contribution in [0.4, 0.5) is 5.69 Å². The lowest BCUT2D eigenvalue weighted by Gasteiger charge is -2.26. The van der Waals surface area contributed by atoms with Gasteiger partial charge in [0.2, 0.25) is 5.91 Å². The molecule has 1 aliphatic rings. The summed E-state index contributed by atoms with van der Waals surface area (Å²) in [5.74, 6) is 0.688. The molecule has 1 heterocycles. The Morgan fingerprint density at radius 1 is 1.50 bits per heavy atom. The highest BCUT2D eigenvalue weighted by Crippen LogP contribution is 2.24. The number of carbonyl (C=O) groups excluding carboxylic acids is 1. The number of amides is 1. The molecule has 1 aliphatic heterocycles. The van der Waals surface area contributed by atoms with E-state index in [0.717, 1.165) is 18.5 Å². The molecule has 0 spiro atoms. The molecule has 1 amide bonds. The third kappa shape index (κ3) is 4.07. The predicted octanol–water partition coefficient (Wildman–Crippen LogP) is 1.54. The highest BCUT2D eigenvalue weighted by atomic mass is 32.2. The van der Waals surface area contributed by atoms with Gasteiger partial charge in [0.1, 0.15) is 0 Å². The first-order chi connectivity index (χ1) is 9.56. The van der Waals surface area contributed by atoms with Crippen molar-refractivity contribution in [1.82, 2.24) is 5.32 Å². The van der Waals surface area contributed by atoms with Gasteiger partial charge in [0.25, 0.3) is 0 Å². The third-order valence-corrected chi connectivity index (χ3v) is 4.43. The molecule has 1 aromatic carbocycles. The summed E-state index contributed by atoms with van der Waals surface area (Å²) >= 11 is 0. The van der Waals surface area contributed by atoms with Crippen LogP contribution in [0.2, 0.25) is 0 Å². The average molecular weight is 294 g/mol. The zero-order valence-electron chi connectivity index (χ0n) is 12.0. The molecule has 5 heteroatoms. The normalized spacial score (nSPS) is 20.4. The highest BCUT2D eigenvalue weighted by molar-refractivity contribution is 7.84. The molecule has 0 aromatic heterocycles. The number of hydrogen-bond acceptors (Lipinski definition) is 3. The van der Waals surface area contributed by atoms with E-state index < -0.39 is 10.8 Å². The summed E-state index contributed by atoms with van der Waals surface area (Å²) in [4.78, 5) is 12.2. The summed E-state index contributed by atoms with van der Waals surface area (Å²) in [5.41, 5.74) is 2.33. The van der Waals surface area contributed by atoms with Crippen LogP contribution in [-0.4, -0.2) is 34.7 Å². The van der Waals surface area contributed by atoms with Crippen LogP contribution in [0, 0.1) is 5.92 Å². The molecule has 2 rings (SSSR count). The van der Waals surface area contributed by atoms with E-state index in [9.17, 15) is 9.00 Å². The van der Waals surface area contributed by atoms with E-state index in [4.69, 9.17) is 0 Å². The molecular formula is C15H22N2O2S. The second kappa shape index (κ2) is 6.88. The largest absolute Gasteiger partial charge is 0.384 e. The fourth-order valence-corrected chi connectivity index (χ4v) is 3.09. The number of carbonyl (C=O) groups is 1. The van der Waals surface area contributed by atoms with Crippen LogP contribution < -0.4 is 10.6 Å². The maximum atomic E-state index is 12.2. The molecular weight excluding hydrogens is 272 g/mol. The zero-order chi connectivity index (χ0) is 14.5. The molecule has 2 N–H and O–H groups in total. The quantitative estimate of drug-likeness (QED) is 0.866. The van der Waals surface area contributed by atoms with Gasteiger partial charge in [-0.1, -0.05) is 18.2 Å². The van der Waals surface area contributed by atoms with Crippen molar-refractivity contribution in [3.63, 3.8) is 0 Å². The third-order valence-electron chi connectivity index (χ3n) is 3.62. The first kappa shape index (κ1) is 15.0. The van der Waals surface area contributed by atoms with Crippen molar-refractivity contribution in [2.75, 3.05) is 23.9 Å². The van der Waals surface area contributed by atoms with Gasteiger partial charge in [-0.2, -0.15) is 0 Å². The maximum absolute atomic E-state index is 12.2. The summed E-state index contributed by atoms with van der Waals surface area (Å²) < 4.78 is 11.1. The molecule has 110 valence electrons. The van der Waals surface area contributed by atoms with E-state index in [1.165, 1.54) is 5.56 Å². The van der Waals surface area contributed by atoms with Crippen LogP contribution in [0.15, 0.2) is 24.3 Å². The Morgan fingerprint density at radius 3 is 3.00 bits per heavy atom. The molecule has 0 saturated heterocycles. The van der Waals surface area contributed by atoms with Gasteiger partial charge in [0.15, 0.2) is 0 Å². The lowest BCUT2D eigenvalue weighted by molar-refractivity contribution is -0.125. The monoisotopic (exact) mass is 294 g/mol. The molecule has 20 heavy (non-hydrogen) atoms. The van der Waals surface area contributed by atoms with E-state index in [2.05, 4.69) is 16.7 Å². The molecule has 4 nitrogen and oxygen atoms in total. The topological polar surface area (TPSA) is 58.2 Å². The van der Waals surface area contributed by atoms with Crippen LogP contribution in [0.5, 0.6) is 0 Å². The summed E-state index contributed by atoms with van der Waals surface area (Å²) in [5, 5.41) is 6.33. The first-order valence-corrected chi connectivity index (χ1v) is 8.71. The van der Waals surface area contributed by atoms with Gasteiger partial charge in [-0.25, -0.2) is 0 Å². The molecule has 1 aromatic rings. The van der Waals surface area contributed by atoms with Crippen LogP contribution in [-0.2, 0) is 22.0 Å². The Morgan fingerprint density at radius 2 is 2.25 bits per heavy atom. The summed E-state index contributed by atoms with van der Waals surface area (Å²) in [6.07, 6.45) is 3.23. The maximum Gasteiger partial charge on any atom is 0.225 e. The number of para-hydroxylation sites is 1. The SMILES string of the molecule is CC(CCS(C)=O)NC(=O)C1CNc2ccccc2C1. The van der Waals surface area contributed by atoms with Crippen molar-refractivity contribution >= 4 is 22.4 Å². The smallest absolute Gasteiger partial charge is 0.225 e. The fraction of sp³-hybridized carbons (Fsp3) is 0.533. The number of benzene rings is 1. The standard InChI is InChI=1S/C15H22N2O2S/c1-11(7-8-20(2)19)17-15(18)13-9-12-5-3-4-6-14(12)16-10-13/h3-6,11,13,16H,7-10H2,1-2H3,(H,17,18). The first-order valence-electron chi connectivity index (χ1n) is 6.98. The lowest BCUT2D eigenvalue weighted by atomic mass is 9.93. The Kier molecular flexibility index (Phi) is 5.17. The van der Waals surface area contributed by atoms with Crippen molar-refractivity contribution in [3.05, 3.63) is 29.8 Å². The zero-order valence-corrected chi connectivity index (χ0v) is 12.8. The van der Waals surface area contributed by atoms with Crippen molar-refractivity contribution in [2.45, 2.75) is 25.8 Å². The van der Waals surface area contributed by atoms with Crippen molar-refractivity contribution < 1.29 is 9.00 Å². The van der Waals surface area contributed by atoms with Gasteiger partial charge in [-0.3, -0.25) is 9.00 Å². The molecule has 0 saturated carbocycles. The van der Waals surface area contributed by atoms with E-state index in [0.29, 0.717) is 12.3 Å². The Labute approximate surface area is 122 Å². The number of fused-ring (bicyclic) bond motifs is 1. The van der Waals surface area contributed by atoms with Gasteiger partial charge < -0.3 is 10.6 Å². The Bertz CT molecular complexity index is 504. The second-order valence-corrected chi connectivity index (χ2v) is 6.97. The minimum absolute atomic E-state index is 0.0283. The summed E-state index contributed by atoms with van der Waals surface area (Å²) in [7, 11) is -0.799. The fourth-order valence-electron chi connectivity index (χ4n) is 2.40. The van der Waals surface area contributed by atoms with Crippen LogP contribution >= 0.6 is 0 Å². The summed E-state index contributed by atoms with van der Waals surface area (Å²) in [6, 6.07) is 8.18. The lowest BCUT2D eigenvalue weighted by Crippen LogP contribution is -2.42. The Balaban J connectivity index is 1.87. The number of rotatable bonds is 5. The van der Waals surface area contributed by atoms with Crippen molar-refractivity contribution in [3.8, 4) is 0 Å². The predicted molar refractivity (Wildman–Crippen MR) is 83.3 cm³/mol. The van der Waals surface area contributed by atoms with Crippen molar-refractivity contribution in [1.29, 1.82) is 0 Å². The molecule has 3 unspecified atom stereocenters. The molecule has 0 bridgehead atoms. The van der Waals surface area contributed by atoms with E-state index in [-0.39, 0.29) is 17.9 Å². The Hall–Kier alpha value is -1.36. The minimum Gasteiger partial charge on any atom is -0.384 e. The van der Waals surface area contributed by atoms with E-state index in [1.54, 1.807) is 6.26 Å². The van der Waals surface area contributed by atoms with Gasteiger partial charge in [-0.15, -0.1) is 0 Å². The molecule has 0 fully saturated rings. The number of nitrogens with one attached hydrogen (secondary N) is 2. The van der Waals surface area contributed by atoms with Gasteiger partial charge in [0, 0.05) is 41.1 Å². The molecule has 3 atom stereocenters. The van der Waals surface area contributed by atoms with Gasteiger partial charge in [0.05, 0.1) is 5.92 Å². The van der Waals surface area contributed by atoms with Crippen LogP contribution in [0.25, 0.3) is 0 Å². The van der Waals surface area contributed by atoms with Gasteiger partial charge >= 0.3 is 0 Å². The average Bonchev–Trinajstić information content (AvgIpc) is 2.44. The summed E-state index contributed by atoms with van der Waals surface area (Å²) in [6.45, 7) is 2.64. The second-order valence-electron chi connectivity index (χ2n) is 5.41. The van der Waals surface area contributed by atoms with Crippen LogP contribution in [0.1, 0.15) is 18.9 Å². The highest BCUT2D eigenvalue weighted by Gasteiger charge is 2.24. The number of hydrogen-bond donors (Lipinski definition) is 2. The van der Waals surface area contributed by atoms with Crippen molar-refractivity contribution in [2.24, 2.45) is 5.92 Å². The van der Waals surface area contributed by atoms with E-state index in [1.807, 2.05) is 25.1 Å². The number of anilines is 1.